The molecule has 150 valence electrons. The summed E-state index contributed by atoms with van der Waals surface area (Å²) in [4.78, 5) is 7.72. The van der Waals surface area contributed by atoms with E-state index in [4.69, 9.17) is 11.6 Å². The second-order valence-corrected chi connectivity index (χ2v) is 8.97. The highest BCUT2D eigenvalue weighted by molar-refractivity contribution is 7.93. The molecule has 2 aromatic carbocycles. The van der Waals surface area contributed by atoms with E-state index in [0.717, 1.165) is 27.5 Å². The molecule has 11 heteroatoms. The van der Waals surface area contributed by atoms with Gasteiger partial charge in [-0.15, -0.1) is 11.3 Å². The average Bonchev–Trinajstić information content (AvgIpc) is 3.29. The summed E-state index contributed by atoms with van der Waals surface area (Å²) in [6.07, 6.45) is 1.83. The SMILES string of the molecule is O=S(=O)(Nc1ccc(-c2csc(-c3cccc4[nH]ccc34)n2)c(Cl)c1)C(F)(F)F. The minimum absolute atomic E-state index is 0.0732. The summed E-state index contributed by atoms with van der Waals surface area (Å²) in [5.74, 6) is 0. The lowest BCUT2D eigenvalue weighted by Gasteiger charge is -2.11. The lowest BCUT2D eigenvalue weighted by Crippen LogP contribution is -2.29. The number of fused-ring (bicyclic) bond motifs is 1. The van der Waals surface area contributed by atoms with Crippen LogP contribution in [0.5, 0.6) is 0 Å². The quantitative estimate of drug-likeness (QED) is 0.402. The Morgan fingerprint density at radius 1 is 1.10 bits per heavy atom. The maximum Gasteiger partial charge on any atom is 0.516 e. The van der Waals surface area contributed by atoms with Crippen molar-refractivity contribution >= 4 is 49.6 Å². The first-order valence-electron chi connectivity index (χ1n) is 8.07. The minimum Gasteiger partial charge on any atom is -0.361 e. The molecule has 29 heavy (non-hydrogen) atoms. The van der Waals surface area contributed by atoms with Crippen molar-refractivity contribution in [2.75, 3.05) is 4.72 Å². The van der Waals surface area contributed by atoms with Gasteiger partial charge in [-0.25, -0.2) is 4.98 Å². The highest BCUT2D eigenvalue weighted by atomic mass is 35.5. The third-order valence-corrected chi connectivity index (χ3v) is 6.43. The van der Waals surface area contributed by atoms with Crippen molar-refractivity contribution in [1.29, 1.82) is 0 Å². The number of alkyl halides is 3. The Balaban J connectivity index is 1.66. The van der Waals surface area contributed by atoms with Crippen LogP contribution < -0.4 is 4.72 Å². The van der Waals surface area contributed by atoms with Gasteiger partial charge < -0.3 is 4.98 Å². The van der Waals surface area contributed by atoms with E-state index in [1.807, 2.05) is 30.5 Å². The summed E-state index contributed by atoms with van der Waals surface area (Å²) in [7, 11) is -5.52. The Morgan fingerprint density at radius 3 is 2.62 bits per heavy atom. The molecule has 2 heterocycles. The molecule has 0 aliphatic rings. The topological polar surface area (TPSA) is 74.8 Å². The van der Waals surface area contributed by atoms with Gasteiger partial charge in [-0.05, 0) is 30.3 Å². The van der Waals surface area contributed by atoms with Gasteiger partial charge in [0.05, 0.1) is 16.4 Å². The summed E-state index contributed by atoms with van der Waals surface area (Å²) >= 11 is 7.58. The van der Waals surface area contributed by atoms with Crippen LogP contribution in [0.4, 0.5) is 18.9 Å². The molecule has 2 aromatic heterocycles. The standard InChI is InChI=1S/C18H11ClF3N3O2S2/c19-14-8-10(25-29(26,27)18(20,21)22)4-5-13(14)16-9-28-17(24-16)12-2-1-3-15-11(12)6-7-23-15/h1-9,23,25H. The van der Waals surface area contributed by atoms with Crippen LogP contribution in [0.25, 0.3) is 32.7 Å². The van der Waals surface area contributed by atoms with E-state index in [1.54, 1.807) is 5.38 Å². The van der Waals surface area contributed by atoms with Crippen LogP contribution in [0.15, 0.2) is 54.0 Å². The summed E-state index contributed by atoms with van der Waals surface area (Å²) in [5.41, 5.74) is -2.78. The number of hydrogen-bond acceptors (Lipinski definition) is 4. The second kappa shape index (κ2) is 7.05. The van der Waals surface area contributed by atoms with E-state index >= 15 is 0 Å². The number of halogens is 4. The van der Waals surface area contributed by atoms with E-state index in [-0.39, 0.29) is 10.7 Å². The van der Waals surface area contributed by atoms with E-state index < -0.39 is 15.5 Å². The van der Waals surface area contributed by atoms with Crippen molar-refractivity contribution in [3.05, 3.63) is 59.1 Å². The number of sulfonamides is 1. The fourth-order valence-electron chi connectivity index (χ4n) is 2.79. The normalized spacial score (nSPS) is 12.4. The van der Waals surface area contributed by atoms with Crippen LogP contribution in [-0.4, -0.2) is 23.9 Å². The van der Waals surface area contributed by atoms with Crippen molar-refractivity contribution < 1.29 is 21.6 Å². The molecule has 0 unspecified atom stereocenters. The molecule has 5 nitrogen and oxygen atoms in total. The number of H-pyrrole nitrogens is 1. The second-order valence-electron chi connectivity index (χ2n) is 6.03. The summed E-state index contributed by atoms with van der Waals surface area (Å²) in [6.45, 7) is 0. The van der Waals surface area contributed by atoms with Crippen LogP contribution in [0.3, 0.4) is 0 Å². The largest absolute Gasteiger partial charge is 0.516 e. The Morgan fingerprint density at radius 2 is 1.90 bits per heavy atom. The van der Waals surface area contributed by atoms with Gasteiger partial charge in [0, 0.05) is 33.6 Å². The van der Waals surface area contributed by atoms with Gasteiger partial charge in [-0.1, -0.05) is 23.7 Å². The molecule has 2 N–H and O–H groups in total. The summed E-state index contributed by atoms with van der Waals surface area (Å²) in [6, 6.07) is 11.5. The highest BCUT2D eigenvalue weighted by Crippen LogP contribution is 2.36. The lowest BCUT2D eigenvalue weighted by molar-refractivity contribution is -0.0429. The van der Waals surface area contributed by atoms with Gasteiger partial charge in [0.1, 0.15) is 5.01 Å². The van der Waals surface area contributed by atoms with E-state index in [0.29, 0.717) is 11.3 Å². The molecule has 0 aliphatic heterocycles. The maximum absolute atomic E-state index is 12.5. The first kappa shape index (κ1) is 19.7. The monoisotopic (exact) mass is 457 g/mol. The zero-order valence-corrected chi connectivity index (χ0v) is 16.7. The van der Waals surface area contributed by atoms with Crippen LogP contribution in [-0.2, 0) is 10.0 Å². The summed E-state index contributed by atoms with van der Waals surface area (Å²) < 4.78 is 61.5. The summed E-state index contributed by atoms with van der Waals surface area (Å²) in [5, 5.41) is 3.62. The predicted octanol–water partition coefficient (Wildman–Crippen LogP) is 5.87. The Bertz CT molecular complexity index is 1310. The number of anilines is 1. The van der Waals surface area contributed by atoms with E-state index in [2.05, 4.69) is 9.97 Å². The molecule has 0 radical (unpaired) electrons. The van der Waals surface area contributed by atoms with Gasteiger partial charge >= 0.3 is 15.5 Å². The molecule has 0 saturated heterocycles. The number of benzene rings is 2. The van der Waals surface area contributed by atoms with Crippen molar-refractivity contribution in [3.63, 3.8) is 0 Å². The van der Waals surface area contributed by atoms with Gasteiger partial charge in [0.15, 0.2) is 0 Å². The zero-order valence-electron chi connectivity index (χ0n) is 14.3. The highest BCUT2D eigenvalue weighted by Gasteiger charge is 2.46. The van der Waals surface area contributed by atoms with E-state index in [1.165, 1.54) is 28.2 Å². The molecule has 0 spiro atoms. The van der Waals surface area contributed by atoms with Crippen molar-refractivity contribution in [1.82, 2.24) is 9.97 Å². The number of nitrogens with one attached hydrogen (secondary N) is 2. The molecular weight excluding hydrogens is 447 g/mol. The number of aromatic amines is 1. The number of aromatic nitrogens is 2. The Kier molecular flexibility index (Phi) is 4.80. The molecule has 0 bridgehead atoms. The maximum atomic E-state index is 12.5. The molecule has 0 saturated carbocycles. The smallest absolute Gasteiger partial charge is 0.361 e. The zero-order chi connectivity index (χ0) is 20.8. The number of rotatable bonds is 4. The fourth-order valence-corrected chi connectivity index (χ4v) is 4.48. The Labute approximate surface area is 172 Å². The lowest BCUT2D eigenvalue weighted by atomic mass is 10.1. The van der Waals surface area contributed by atoms with E-state index in [9.17, 15) is 21.6 Å². The third-order valence-electron chi connectivity index (χ3n) is 4.13. The van der Waals surface area contributed by atoms with Crippen LogP contribution in [0.2, 0.25) is 5.02 Å². The Hall–Kier alpha value is -2.56. The van der Waals surface area contributed by atoms with Gasteiger partial charge in [-0.3, -0.25) is 4.72 Å². The van der Waals surface area contributed by atoms with Gasteiger partial charge in [-0.2, -0.15) is 21.6 Å². The molecule has 0 atom stereocenters. The first-order chi connectivity index (χ1) is 13.7. The third kappa shape index (κ3) is 3.70. The molecule has 0 fully saturated rings. The van der Waals surface area contributed by atoms with Crippen molar-refractivity contribution in [3.8, 4) is 21.8 Å². The average molecular weight is 458 g/mol. The van der Waals surface area contributed by atoms with Crippen molar-refractivity contribution in [2.45, 2.75) is 5.51 Å². The van der Waals surface area contributed by atoms with Gasteiger partial charge in [0.2, 0.25) is 0 Å². The molecule has 0 aliphatic carbocycles. The fraction of sp³-hybridized carbons (Fsp3) is 0.0556. The first-order valence-corrected chi connectivity index (χ1v) is 10.8. The molecule has 0 amide bonds. The van der Waals surface area contributed by atoms with Crippen molar-refractivity contribution in [2.24, 2.45) is 0 Å². The minimum atomic E-state index is -5.52. The molecule has 4 rings (SSSR count). The number of nitrogens with zero attached hydrogens (tertiary/aromatic N) is 1. The van der Waals surface area contributed by atoms with Crippen LogP contribution in [0.1, 0.15) is 0 Å². The predicted molar refractivity (Wildman–Crippen MR) is 108 cm³/mol. The number of hydrogen-bond donors (Lipinski definition) is 2. The number of thiazole rings is 1. The molecule has 4 aromatic rings. The van der Waals surface area contributed by atoms with Crippen LogP contribution in [0, 0.1) is 0 Å². The van der Waals surface area contributed by atoms with Gasteiger partial charge in [0.25, 0.3) is 0 Å². The molecular formula is C18H11ClF3N3O2S2. The van der Waals surface area contributed by atoms with Crippen LogP contribution >= 0.6 is 22.9 Å².